The molecule has 0 aliphatic carbocycles. The number of aromatic nitrogens is 1. The molecule has 1 saturated heterocycles. The molecule has 2 heterocycles. The standard InChI is InChI=1S/C20H25N3O3S/c1-14-21-17(13-27-14)18-8-5-11-23(18)20(26)22-16(9-10-19(24)25)12-15-6-3-2-4-7-15/h2-4,6-7,13,16,18H,5,8-12H2,1H3,(H,22,26)(H,24,25)/t16?,18-/m1/s1. The summed E-state index contributed by atoms with van der Waals surface area (Å²) in [6, 6.07) is 9.50. The number of nitrogens with zero attached hydrogens (tertiary/aromatic N) is 2. The van der Waals surface area contributed by atoms with E-state index < -0.39 is 5.97 Å². The highest BCUT2D eigenvalue weighted by Gasteiger charge is 2.32. The molecule has 144 valence electrons. The van der Waals surface area contributed by atoms with Crippen LogP contribution in [0, 0.1) is 6.92 Å². The van der Waals surface area contributed by atoms with Gasteiger partial charge in [-0.15, -0.1) is 11.3 Å². The van der Waals surface area contributed by atoms with Crippen molar-refractivity contribution in [1.82, 2.24) is 15.2 Å². The zero-order chi connectivity index (χ0) is 19.2. The zero-order valence-electron chi connectivity index (χ0n) is 15.4. The number of urea groups is 1. The van der Waals surface area contributed by atoms with Crippen LogP contribution in [0.15, 0.2) is 35.7 Å². The van der Waals surface area contributed by atoms with E-state index in [9.17, 15) is 9.59 Å². The Labute approximate surface area is 163 Å². The molecule has 1 aliphatic rings. The van der Waals surface area contributed by atoms with Crippen molar-refractivity contribution in [3.05, 3.63) is 52.0 Å². The van der Waals surface area contributed by atoms with Crippen LogP contribution in [-0.4, -0.2) is 39.6 Å². The zero-order valence-corrected chi connectivity index (χ0v) is 16.2. The molecule has 6 nitrogen and oxygen atoms in total. The number of thiazole rings is 1. The minimum Gasteiger partial charge on any atom is -0.481 e. The number of carbonyl (C=O) groups is 2. The Morgan fingerprint density at radius 1 is 1.37 bits per heavy atom. The third-order valence-corrected chi connectivity index (χ3v) is 5.64. The summed E-state index contributed by atoms with van der Waals surface area (Å²) < 4.78 is 0. The van der Waals surface area contributed by atoms with E-state index in [0.29, 0.717) is 19.4 Å². The van der Waals surface area contributed by atoms with E-state index in [1.165, 1.54) is 0 Å². The smallest absolute Gasteiger partial charge is 0.318 e. The normalized spacial score (nSPS) is 17.7. The van der Waals surface area contributed by atoms with Gasteiger partial charge in [-0.2, -0.15) is 0 Å². The number of likely N-dealkylation sites (tertiary alicyclic amines) is 1. The number of carbonyl (C=O) groups excluding carboxylic acids is 1. The second-order valence-electron chi connectivity index (χ2n) is 6.91. The Hall–Kier alpha value is -2.41. The van der Waals surface area contributed by atoms with Crippen molar-refractivity contribution >= 4 is 23.3 Å². The van der Waals surface area contributed by atoms with Crippen molar-refractivity contribution in [2.75, 3.05) is 6.54 Å². The molecule has 0 bridgehead atoms. The molecule has 0 radical (unpaired) electrons. The maximum Gasteiger partial charge on any atom is 0.318 e. The van der Waals surface area contributed by atoms with Gasteiger partial charge < -0.3 is 15.3 Å². The van der Waals surface area contributed by atoms with Crippen LogP contribution in [0.2, 0.25) is 0 Å². The highest BCUT2D eigenvalue weighted by atomic mass is 32.1. The number of nitrogens with one attached hydrogen (secondary N) is 1. The Bertz CT molecular complexity index is 778. The monoisotopic (exact) mass is 387 g/mol. The number of carboxylic acid groups (broad SMARTS) is 1. The van der Waals surface area contributed by atoms with Crippen molar-refractivity contribution < 1.29 is 14.7 Å². The van der Waals surface area contributed by atoms with Crippen molar-refractivity contribution in [3.63, 3.8) is 0 Å². The number of hydrogen-bond acceptors (Lipinski definition) is 4. The number of carboxylic acids is 1. The highest BCUT2D eigenvalue weighted by molar-refractivity contribution is 7.09. The third kappa shape index (κ3) is 5.29. The van der Waals surface area contributed by atoms with E-state index in [1.54, 1.807) is 11.3 Å². The first-order valence-corrected chi connectivity index (χ1v) is 10.2. The van der Waals surface area contributed by atoms with E-state index in [1.807, 2.05) is 47.5 Å². The number of aliphatic carboxylic acids is 1. The van der Waals surface area contributed by atoms with Gasteiger partial charge in [0.25, 0.3) is 0 Å². The molecule has 1 aliphatic heterocycles. The summed E-state index contributed by atoms with van der Waals surface area (Å²) >= 11 is 1.60. The average Bonchev–Trinajstić information content (AvgIpc) is 3.29. The quantitative estimate of drug-likeness (QED) is 0.757. The molecule has 3 rings (SSSR count). The highest BCUT2D eigenvalue weighted by Crippen LogP contribution is 2.32. The van der Waals surface area contributed by atoms with Crippen molar-refractivity contribution in [2.24, 2.45) is 0 Å². The number of hydrogen-bond donors (Lipinski definition) is 2. The van der Waals surface area contributed by atoms with Crippen LogP contribution in [0.25, 0.3) is 0 Å². The van der Waals surface area contributed by atoms with E-state index in [2.05, 4.69) is 10.3 Å². The fourth-order valence-electron chi connectivity index (χ4n) is 3.53. The lowest BCUT2D eigenvalue weighted by molar-refractivity contribution is -0.137. The summed E-state index contributed by atoms with van der Waals surface area (Å²) in [6.07, 6.45) is 2.92. The average molecular weight is 388 g/mol. The lowest BCUT2D eigenvalue weighted by Crippen LogP contribution is -2.45. The van der Waals surface area contributed by atoms with Crippen LogP contribution in [0.3, 0.4) is 0 Å². The van der Waals surface area contributed by atoms with Crippen molar-refractivity contribution in [3.8, 4) is 0 Å². The second-order valence-corrected chi connectivity index (χ2v) is 7.97. The Morgan fingerprint density at radius 2 is 2.15 bits per heavy atom. The van der Waals surface area contributed by atoms with Gasteiger partial charge in [0.05, 0.1) is 16.7 Å². The predicted molar refractivity (Wildman–Crippen MR) is 105 cm³/mol. The molecule has 1 unspecified atom stereocenters. The number of benzene rings is 1. The van der Waals surface area contributed by atoms with Gasteiger partial charge in [0.2, 0.25) is 0 Å². The molecule has 1 aromatic heterocycles. The molecule has 1 aromatic carbocycles. The Balaban J connectivity index is 1.67. The first-order chi connectivity index (χ1) is 13.0. The van der Waals surface area contributed by atoms with Crippen LogP contribution in [0.1, 0.15) is 48.0 Å². The van der Waals surface area contributed by atoms with Crippen LogP contribution in [0.4, 0.5) is 4.79 Å². The minimum absolute atomic E-state index is 0.00630. The molecule has 1 fully saturated rings. The first-order valence-electron chi connectivity index (χ1n) is 9.28. The summed E-state index contributed by atoms with van der Waals surface area (Å²) in [6.45, 7) is 2.67. The van der Waals surface area contributed by atoms with Crippen LogP contribution in [-0.2, 0) is 11.2 Å². The fraction of sp³-hybridized carbons (Fsp3) is 0.450. The molecule has 27 heavy (non-hydrogen) atoms. The van der Waals surface area contributed by atoms with Crippen molar-refractivity contribution in [2.45, 2.75) is 51.1 Å². The number of amides is 2. The van der Waals surface area contributed by atoms with Crippen LogP contribution in [0.5, 0.6) is 0 Å². The molecule has 2 atom stereocenters. The molecule has 2 amide bonds. The molecule has 2 N–H and O–H groups in total. The largest absolute Gasteiger partial charge is 0.481 e. The molecule has 7 heteroatoms. The van der Waals surface area contributed by atoms with Gasteiger partial charge in [-0.05, 0) is 38.2 Å². The summed E-state index contributed by atoms with van der Waals surface area (Å²) in [4.78, 5) is 30.3. The Kier molecular flexibility index (Phi) is 6.45. The fourth-order valence-corrected chi connectivity index (χ4v) is 4.19. The van der Waals surface area contributed by atoms with E-state index in [-0.39, 0.29) is 24.5 Å². The SMILES string of the molecule is Cc1nc([C@H]2CCCN2C(=O)NC(CCC(=O)O)Cc2ccccc2)cs1. The first kappa shape index (κ1) is 19.4. The van der Waals surface area contributed by atoms with Gasteiger partial charge in [-0.1, -0.05) is 30.3 Å². The molecule has 0 saturated carbocycles. The summed E-state index contributed by atoms with van der Waals surface area (Å²) in [5.74, 6) is -0.848. The maximum atomic E-state index is 12.9. The number of aryl methyl sites for hydroxylation is 1. The molecule has 0 spiro atoms. The lowest BCUT2D eigenvalue weighted by Gasteiger charge is -2.27. The topological polar surface area (TPSA) is 82.5 Å². The summed E-state index contributed by atoms with van der Waals surface area (Å²) in [5.41, 5.74) is 2.04. The van der Waals surface area contributed by atoms with Gasteiger partial charge in [0.1, 0.15) is 0 Å². The van der Waals surface area contributed by atoms with Gasteiger partial charge in [-0.3, -0.25) is 4.79 Å². The van der Waals surface area contributed by atoms with Crippen LogP contribution < -0.4 is 5.32 Å². The molecular formula is C20H25N3O3S. The van der Waals surface area contributed by atoms with E-state index in [0.717, 1.165) is 29.1 Å². The Morgan fingerprint density at radius 3 is 2.81 bits per heavy atom. The molecule has 2 aromatic rings. The second kappa shape index (κ2) is 8.99. The summed E-state index contributed by atoms with van der Waals surface area (Å²) in [5, 5.41) is 15.1. The van der Waals surface area contributed by atoms with Crippen LogP contribution >= 0.6 is 11.3 Å². The maximum absolute atomic E-state index is 12.9. The van der Waals surface area contributed by atoms with E-state index in [4.69, 9.17) is 5.11 Å². The molecular weight excluding hydrogens is 362 g/mol. The van der Waals surface area contributed by atoms with Gasteiger partial charge in [0.15, 0.2) is 0 Å². The lowest BCUT2D eigenvalue weighted by atomic mass is 10.0. The van der Waals surface area contributed by atoms with E-state index >= 15 is 0 Å². The van der Waals surface area contributed by atoms with Gasteiger partial charge in [-0.25, -0.2) is 9.78 Å². The third-order valence-electron chi connectivity index (χ3n) is 4.85. The van der Waals surface area contributed by atoms with Crippen molar-refractivity contribution in [1.29, 1.82) is 0 Å². The minimum atomic E-state index is -0.848. The van der Waals surface area contributed by atoms with Gasteiger partial charge in [0, 0.05) is 24.4 Å². The number of rotatable bonds is 7. The van der Waals surface area contributed by atoms with Gasteiger partial charge >= 0.3 is 12.0 Å². The predicted octanol–water partition coefficient (Wildman–Crippen LogP) is 3.77. The summed E-state index contributed by atoms with van der Waals surface area (Å²) in [7, 11) is 0.